The topological polar surface area (TPSA) is 95.6 Å². The van der Waals surface area contributed by atoms with Gasteiger partial charge in [0.25, 0.3) is 0 Å². The number of carbonyl (C=O) groups excluding carboxylic acids is 1. The third-order valence-electron chi connectivity index (χ3n) is 6.86. The zero-order valence-electron chi connectivity index (χ0n) is 25.7. The lowest BCUT2D eigenvalue weighted by Gasteiger charge is -2.16. The predicted molar refractivity (Wildman–Crippen MR) is 170 cm³/mol. The van der Waals surface area contributed by atoms with Gasteiger partial charge in [-0.3, -0.25) is 4.57 Å². The van der Waals surface area contributed by atoms with Crippen molar-refractivity contribution < 1.29 is 27.4 Å². The maximum atomic E-state index is 13.0. The molecule has 3 aromatic carbocycles. The number of amides is 2. The molecule has 2 aromatic heterocycles. The number of urea groups is 1. The fourth-order valence-corrected chi connectivity index (χ4v) is 5.58. The first-order valence-corrected chi connectivity index (χ1v) is 15.1. The number of rotatable bonds is 8. The van der Waals surface area contributed by atoms with Crippen LogP contribution in [-0.4, -0.2) is 38.8 Å². The number of ether oxygens (including phenoxy) is 2. The van der Waals surface area contributed by atoms with Crippen molar-refractivity contribution in [3.8, 4) is 34.3 Å². The number of benzene rings is 3. The van der Waals surface area contributed by atoms with Crippen molar-refractivity contribution in [2.45, 2.75) is 40.0 Å². The maximum absolute atomic E-state index is 13.0. The van der Waals surface area contributed by atoms with E-state index in [-0.39, 0.29) is 11.7 Å². The van der Waals surface area contributed by atoms with Gasteiger partial charge in [-0.1, -0.05) is 44.2 Å². The van der Waals surface area contributed by atoms with E-state index in [0.717, 1.165) is 33.8 Å². The van der Waals surface area contributed by atoms with Gasteiger partial charge in [0.1, 0.15) is 17.8 Å². The smallest absolute Gasteiger partial charge is 0.497 e. The second-order valence-corrected chi connectivity index (χ2v) is 11.5. The average Bonchev–Trinajstić information content (AvgIpc) is 3.63. The van der Waals surface area contributed by atoms with Gasteiger partial charge in [0.15, 0.2) is 10.6 Å². The fourth-order valence-electron chi connectivity index (χ4n) is 4.71. The zero-order chi connectivity index (χ0) is 33.0. The summed E-state index contributed by atoms with van der Waals surface area (Å²) in [5, 5.41) is 9.22. The molecule has 13 heteroatoms. The minimum Gasteiger partial charge on any atom is -0.497 e. The quantitative estimate of drug-likeness (QED) is 0.185. The molecular weight excluding hydrogens is 617 g/mol. The lowest BCUT2D eigenvalue weighted by Crippen LogP contribution is -2.23. The van der Waals surface area contributed by atoms with Gasteiger partial charge in [0.2, 0.25) is 0 Å². The normalized spacial score (nSPS) is 12.5. The summed E-state index contributed by atoms with van der Waals surface area (Å²) in [7, 11) is 1.62. The number of hydrogen-bond acceptors (Lipinski definition) is 6. The van der Waals surface area contributed by atoms with Gasteiger partial charge in [-0.2, -0.15) is 4.99 Å². The Bertz CT molecular complexity index is 1940. The summed E-state index contributed by atoms with van der Waals surface area (Å²) >= 11 is 1.38. The summed E-state index contributed by atoms with van der Waals surface area (Å²) in [5.74, 6) is 1.08. The molecule has 5 rings (SSSR count). The van der Waals surface area contributed by atoms with Crippen LogP contribution in [-0.2, 0) is 0 Å². The van der Waals surface area contributed by atoms with Crippen LogP contribution in [0.1, 0.15) is 43.5 Å². The molecule has 2 heterocycles. The van der Waals surface area contributed by atoms with Crippen LogP contribution in [0.4, 0.5) is 18.0 Å². The Morgan fingerprint density at radius 3 is 2.39 bits per heavy atom. The van der Waals surface area contributed by atoms with E-state index in [9.17, 15) is 18.0 Å². The Labute approximate surface area is 267 Å². The van der Waals surface area contributed by atoms with Gasteiger partial charge < -0.3 is 14.8 Å². The van der Waals surface area contributed by atoms with Crippen molar-refractivity contribution in [2.75, 3.05) is 7.11 Å². The number of aromatic nitrogens is 4. The van der Waals surface area contributed by atoms with Crippen molar-refractivity contribution in [3.63, 3.8) is 0 Å². The summed E-state index contributed by atoms with van der Waals surface area (Å²) in [6.07, 6.45) is -1.46. The minimum absolute atomic E-state index is 0.250. The Kier molecular flexibility index (Phi) is 9.42. The first kappa shape index (κ1) is 32.2. The monoisotopic (exact) mass is 648 g/mol. The van der Waals surface area contributed by atoms with Gasteiger partial charge in [-0.15, -0.1) is 29.6 Å². The Morgan fingerprint density at radius 2 is 1.74 bits per heavy atom. The van der Waals surface area contributed by atoms with Gasteiger partial charge in [0, 0.05) is 28.4 Å². The van der Waals surface area contributed by atoms with Gasteiger partial charge >= 0.3 is 12.4 Å². The number of allylic oxidation sites excluding steroid dienone is 1. The Balaban J connectivity index is 1.29. The molecule has 238 valence electrons. The van der Waals surface area contributed by atoms with Crippen molar-refractivity contribution in [1.29, 1.82) is 0 Å². The predicted octanol–water partition coefficient (Wildman–Crippen LogP) is 7.80. The lowest BCUT2D eigenvalue weighted by molar-refractivity contribution is -0.274. The number of alkyl halides is 3. The molecule has 0 bridgehead atoms. The van der Waals surface area contributed by atoms with Gasteiger partial charge in [0.05, 0.1) is 18.5 Å². The van der Waals surface area contributed by atoms with Crippen LogP contribution in [0.5, 0.6) is 11.5 Å². The zero-order valence-corrected chi connectivity index (χ0v) is 26.5. The molecule has 46 heavy (non-hydrogen) atoms. The molecule has 0 unspecified atom stereocenters. The summed E-state index contributed by atoms with van der Waals surface area (Å²) < 4.78 is 50.1. The molecule has 0 atom stereocenters. The number of halogens is 3. The summed E-state index contributed by atoms with van der Waals surface area (Å²) in [5.41, 5.74) is 5.68. The SMILES string of the molecule is COc1ccc(C(C)C)c(-n2c(C)csc2=NC(=O)N/C(C)=C/c2ccc(-c3ncn(-c4ccc(OC(F)(F)F)cc4)n3)cc2)c1. The molecule has 5 aromatic rings. The Hall–Kier alpha value is -5.17. The average molecular weight is 649 g/mol. The molecule has 2 amide bonds. The molecule has 0 radical (unpaired) electrons. The summed E-state index contributed by atoms with van der Waals surface area (Å²) in [6, 6.07) is 18.1. The van der Waals surface area contributed by atoms with E-state index in [2.05, 4.69) is 39.0 Å². The minimum atomic E-state index is -4.76. The second-order valence-electron chi connectivity index (χ2n) is 10.6. The Morgan fingerprint density at radius 1 is 1.04 bits per heavy atom. The molecule has 0 fully saturated rings. The van der Waals surface area contributed by atoms with E-state index in [1.165, 1.54) is 46.6 Å². The molecule has 0 saturated carbocycles. The highest BCUT2D eigenvalue weighted by molar-refractivity contribution is 7.07. The molecule has 0 aliphatic carbocycles. The first-order valence-electron chi connectivity index (χ1n) is 14.2. The first-order chi connectivity index (χ1) is 21.9. The van der Waals surface area contributed by atoms with Crippen molar-refractivity contribution in [3.05, 3.63) is 106 Å². The van der Waals surface area contributed by atoms with Crippen molar-refractivity contribution >= 4 is 23.4 Å². The number of nitrogens with one attached hydrogen (secondary N) is 1. The number of hydrogen-bond donors (Lipinski definition) is 1. The van der Waals surface area contributed by atoms with Crippen molar-refractivity contribution in [2.24, 2.45) is 4.99 Å². The molecule has 0 spiro atoms. The van der Waals surface area contributed by atoms with Crippen LogP contribution in [0.15, 0.2) is 89.1 Å². The lowest BCUT2D eigenvalue weighted by atomic mass is 10.0. The van der Waals surface area contributed by atoms with E-state index in [4.69, 9.17) is 4.74 Å². The molecule has 0 aliphatic rings. The number of thiazole rings is 1. The number of nitrogens with zero attached hydrogens (tertiary/aromatic N) is 5. The van der Waals surface area contributed by atoms with E-state index in [1.54, 1.807) is 14.0 Å². The summed E-state index contributed by atoms with van der Waals surface area (Å²) in [4.78, 5) is 22.2. The van der Waals surface area contributed by atoms with Crippen molar-refractivity contribution in [1.82, 2.24) is 24.6 Å². The largest absolute Gasteiger partial charge is 0.573 e. The van der Waals surface area contributed by atoms with Gasteiger partial charge in [-0.25, -0.2) is 14.5 Å². The second kappa shape index (κ2) is 13.4. The third kappa shape index (κ3) is 7.72. The highest BCUT2D eigenvalue weighted by Crippen LogP contribution is 2.28. The molecule has 9 nitrogen and oxygen atoms in total. The molecule has 1 N–H and O–H groups in total. The van der Waals surface area contributed by atoms with E-state index < -0.39 is 12.4 Å². The number of aryl methyl sites for hydroxylation is 1. The molecule has 0 aliphatic heterocycles. The maximum Gasteiger partial charge on any atom is 0.573 e. The summed E-state index contributed by atoms with van der Waals surface area (Å²) in [6.45, 7) is 7.98. The molecule has 0 saturated heterocycles. The van der Waals surface area contributed by atoms with Crippen LogP contribution in [0, 0.1) is 6.92 Å². The number of methoxy groups -OCH3 is 1. The van der Waals surface area contributed by atoms with Crippen LogP contribution < -0.4 is 19.6 Å². The van der Waals surface area contributed by atoms with Crippen LogP contribution in [0.25, 0.3) is 28.8 Å². The van der Waals surface area contributed by atoms with Crippen LogP contribution >= 0.6 is 11.3 Å². The standard InChI is InChI=1S/C33H31F3N6O3S/c1-20(2)28-15-14-27(44-5)17-29(28)42-22(4)18-46-32(42)39-31(43)38-21(3)16-23-6-8-24(9-7-23)30-37-19-41(40-30)25-10-12-26(13-11-25)45-33(34,35)36/h6-20H,1-5H3,(H,38,43)/b21-16+,39-32?. The van der Waals surface area contributed by atoms with E-state index >= 15 is 0 Å². The fraction of sp³-hybridized carbons (Fsp3) is 0.212. The van der Waals surface area contributed by atoms with Crippen LogP contribution in [0.2, 0.25) is 0 Å². The van der Waals surface area contributed by atoms with E-state index in [0.29, 0.717) is 22.0 Å². The highest BCUT2D eigenvalue weighted by atomic mass is 32.1. The van der Waals surface area contributed by atoms with Gasteiger partial charge in [-0.05, 0) is 67.3 Å². The molecular formula is C33H31F3N6O3S. The van der Waals surface area contributed by atoms with Crippen LogP contribution in [0.3, 0.4) is 0 Å². The number of carbonyl (C=O) groups is 1. The highest BCUT2D eigenvalue weighted by Gasteiger charge is 2.31. The van der Waals surface area contributed by atoms with E-state index in [1.807, 2.05) is 65.4 Å². The third-order valence-corrected chi connectivity index (χ3v) is 7.80.